The quantitative estimate of drug-likeness (QED) is 0.591. The fourth-order valence-electron chi connectivity index (χ4n) is 1.54. The average molecular weight is 326 g/mol. The predicted molar refractivity (Wildman–Crippen MR) is 82.1 cm³/mol. The summed E-state index contributed by atoms with van der Waals surface area (Å²) in [6, 6.07) is 6.16. The second-order valence-corrected chi connectivity index (χ2v) is 5.61. The lowest BCUT2D eigenvalue weighted by atomic mass is 10.2. The number of aryl methyl sites for hydroxylation is 1. The van der Waals surface area contributed by atoms with Crippen LogP contribution in [0.15, 0.2) is 34.2 Å². The molecule has 1 amide bonds. The first-order valence-corrected chi connectivity index (χ1v) is 7.29. The number of amides is 1. The summed E-state index contributed by atoms with van der Waals surface area (Å²) in [6.45, 7) is 1.85. The number of benzene rings is 1. The molecule has 0 aliphatic carbocycles. The van der Waals surface area contributed by atoms with Gasteiger partial charge in [-0.3, -0.25) is 9.59 Å². The van der Waals surface area contributed by atoms with Gasteiger partial charge in [0.15, 0.2) is 5.16 Å². The van der Waals surface area contributed by atoms with Gasteiger partial charge in [-0.25, -0.2) is 0 Å². The largest absolute Gasteiger partial charge is 0.493 e. The van der Waals surface area contributed by atoms with E-state index in [-0.39, 0.29) is 22.7 Å². The maximum absolute atomic E-state index is 11.9. The van der Waals surface area contributed by atoms with E-state index in [1.807, 2.05) is 6.92 Å². The van der Waals surface area contributed by atoms with Crippen molar-refractivity contribution in [2.75, 3.05) is 11.1 Å². The fourth-order valence-corrected chi connectivity index (χ4v) is 2.38. The normalized spacial score (nSPS) is 10.4. The third kappa shape index (κ3) is 4.51. The molecular weight excluding hydrogens is 314 g/mol. The maximum Gasteiger partial charge on any atom is 0.255 e. The molecule has 1 heterocycles. The Kier molecular flexibility index (Phi) is 4.87. The molecule has 21 heavy (non-hydrogen) atoms. The molecule has 110 valence electrons. The molecule has 0 radical (unpaired) electrons. The Morgan fingerprint density at radius 1 is 1.48 bits per heavy atom. The number of aromatic nitrogens is 2. The van der Waals surface area contributed by atoms with Gasteiger partial charge in [-0.2, -0.15) is 4.98 Å². The highest BCUT2D eigenvalue weighted by Crippen LogP contribution is 2.21. The number of carbonyl (C=O) groups excluding carboxylic acids is 1. The van der Waals surface area contributed by atoms with Crippen LogP contribution in [-0.4, -0.2) is 26.7 Å². The number of hydrogen-bond acceptors (Lipinski definition) is 5. The van der Waals surface area contributed by atoms with Gasteiger partial charge < -0.3 is 15.4 Å². The number of anilines is 1. The first-order chi connectivity index (χ1) is 9.94. The molecule has 0 atom stereocenters. The van der Waals surface area contributed by atoms with Gasteiger partial charge >= 0.3 is 0 Å². The van der Waals surface area contributed by atoms with E-state index >= 15 is 0 Å². The van der Waals surface area contributed by atoms with Crippen LogP contribution >= 0.6 is 23.4 Å². The highest BCUT2D eigenvalue weighted by Gasteiger charge is 2.08. The number of halogens is 1. The fraction of sp³-hybridized carbons (Fsp3) is 0.154. The standard InChI is InChI=1S/C13H12ClN3O3S/c1-7-2-3-8(14)4-9(7)15-12(20)6-21-13-16-10(18)5-11(19)17-13/h2-5H,6H2,1H3,(H,15,20)(H2,16,17,18,19). The van der Waals surface area contributed by atoms with Crippen molar-refractivity contribution in [1.29, 1.82) is 0 Å². The molecule has 0 bridgehead atoms. The number of nitrogens with one attached hydrogen (secondary N) is 2. The summed E-state index contributed by atoms with van der Waals surface area (Å²) in [6.07, 6.45) is 0. The number of H-pyrrole nitrogens is 1. The van der Waals surface area contributed by atoms with Gasteiger partial charge in [0.05, 0.1) is 11.8 Å². The Morgan fingerprint density at radius 3 is 2.95 bits per heavy atom. The first-order valence-electron chi connectivity index (χ1n) is 5.93. The van der Waals surface area contributed by atoms with E-state index < -0.39 is 5.56 Å². The molecule has 0 fully saturated rings. The Labute approximate surface area is 129 Å². The van der Waals surface area contributed by atoms with Crippen LogP contribution in [0, 0.1) is 6.92 Å². The van der Waals surface area contributed by atoms with E-state index in [9.17, 15) is 14.7 Å². The zero-order valence-corrected chi connectivity index (χ0v) is 12.6. The van der Waals surface area contributed by atoms with E-state index in [2.05, 4.69) is 15.3 Å². The van der Waals surface area contributed by atoms with E-state index in [0.717, 1.165) is 23.4 Å². The molecule has 0 saturated carbocycles. The zero-order valence-electron chi connectivity index (χ0n) is 11.0. The topological polar surface area (TPSA) is 95.1 Å². The summed E-state index contributed by atoms with van der Waals surface area (Å²) in [7, 11) is 0. The number of nitrogens with zero attached hydrogens (tertiary/aromatic N) is 1. The smallest absolute Gasteiger partial charge is 0.255 e. The minimum atomic E-state index is -0.476. The van der Waals surface area contributed by atoms with Crippen molar-refractivity contribution >= 4 is 35.0 Å². The molecule has 0 saturated heterocycles. The summed E-state index contributed by atoms with van der Waals surface area (Å²) in [5.41, 5.74) is 1.04. The van der Waals surface area contributed by atoms with Gasteiger partial charge in [0.2, 0.25) is 11.8 Å². The van der Waals surface area contributed by atoms with Gasteiger partial charge in [-0.1, -0.05) is 29.4 Å². The minimum absolute atomic E-state index is 0.0400. The van der Waals surface area contributed by atoms with Crippen LogP contribution in [-0.2, 0) is 4.79 Å². The summed E-state index contributed by atoms with van der Waals surface area (Å²) < 4.78 is 0. The van der Waals surface area contributed by atoms with Crippen LogP contribution in [0.2, 0.25) is 5.02 Å². The molecule has 0 unspecified atom stereocenters. The van der Waals surface area contributed by atoms with Crippen molar-refractivity contribution in [2.45, 2.75) is 12.1 Å². The number of hydrogen-bond donors (Lipinski definition) is 3. The van der Waals surface area contributed by atoms with Crippen LogP contribution in [0.4, 0.5) is 5.69 Å². The number of aromatic amines is 1. The molecule has 0 aliphatic heterocycles. The van der Waals surface area contributed by atoms with E-state index in [0.29, 0.717) is 10.7 Å². The van der Waals surface area contributed by atoms with Crippen molar-refractivity contribution in [3.8, 4) is 5.88 Å². The second kappa shape index (κ2) is 6.64. The lowest BCUT2D eigenvalue weighted by Gasteiger charge is -2.08. The van der Waals surface area contributed by atoms with Gasteiger partial charge in [-0.15, -0.1) is 0 Å². The van der Waals surface area contributed by atoms with Crippen LogP contribution in [0.25, 0.3) is 0 Å². The third-order valence-electron chi connectivity index (χ3n) is 2.52. The maximum atomic E-state index is 11.9. The molecule has 8 heteroatoms. The molecule has 1 aromatic carbocycles. The van der Waals surface area contributed by atoms with Crippen LogP contribution in [0.1, 0.15) is 5.56 Å². The number of carbonyl (C=O) groups is 1. The number of thioether (sulfide) groups is 1. The van der Waals surface area contributed by atoms with Crippen LogP contribution in [0.3, 0.4) is 0 Å². The Balaban J connectivity index is 1.99. The van der Waals surface area contributed by atoms with Gasteiger partial charge in [0, 0.05) is 10.7 Å². The minimum Gasteiger partial charge on any atom is -0.493 e. The molecule has 1 aromatic heterocycles. The summed E-state index contributed by atoms with van der Waals surface area (Å²) in [5.74, 6) is -0.609. The van der Waals surface area contributed by atoms with Gasteiger partial charge in [-0.05, 0) is 24.6 Å². The van der Waals surface area contributed by atoms with E-state index in [1.165, 1.54) is 0 Å². The highest BCUT2D eigenvalue weighted by molar-refractivity contribution is 7.99. The molecule has 0 spiro atoms. The lowest BCUT2D eigenvalue weighted by molar-refractivity contribution is -0.113. The molecule has 0 aliphatic rings. The first kappa shape index (κ1) is 15.4. The Bertz CT molecular complexity index is 733. The molecule has 6 nitrogen and oxygen atoms in total. The molecule has 2 rings (SSSR count). The van der Waals surface area contributed by atoms with E-state index in [4.69, 9.17) is 11.6 Å². The lowest BCUT2D eigenvalue weighted by Crippen LogP contribution is -2.15. The number of rotatable bonds is 4. The van der Waals surface area contributed by atoms with Crippen molar-refractivity contribution in [3.63, 3.8) is 0 Å². The zero-order chi connectivity index (χ0) is 15.4. The molecule has 3 N–H and O–H groups in total. The second-order valence-electron chi connectivity index (χ2n) is 4.20. The summed E-state index contributed by atoms with van der Waals surface area (Å²) in [4.78, 5) is 29.1. The summed E-state index contributed by atoms with van der Waals surface area (Å²) in [5, 5.41) is 12.6. The highest BCUT2D eigenvalue weighted by atomic mass is 35.5. The Morgan fingerprint density at radius 2 is 2.24 bits per heavy atom. The van der Waals surface area contributed by atoms with Crippen LogP contribution in [0.5, 0.6) is 5.88 Å². The molecular formula is C13H12ClN3O3S. The Hall–Kier alpha value is -1.99. The number of aromatic hydroxyl groups is 1. The summed E-state index contributed by atoms with van der Waals surface area (Å²) >= 11 is 6.89. The van der Waals surface area contributed by atoms with Crippen molar-refractivity contribution in [3.05, 3.63) is 45.2 Å². The van der Waals surface area contributed by atoms with E-state index in [1.54, 1.807) is 18.2 Å². The van der Waals surface area contributed by atoms with Crippen molar-refractivity contribution in [1.82, 2.24) is 9.97 Å². The third-order valence-corrected chi connectivity index (χ3v) is 3.63. The van der Waals surface area contributed by atoms with Crippen LogP contribution < -0.4 is 10.9 Å². The molecule has 2 aromatic rings. The average Bonchev–Trinajstić information content (AvgIpc) is 2.40. The van der Waals surface area contributed by atoms with Gasteiger partial charge in [0.1, 0.15) is 0 Å². The predicted octanol–water partition coefficient (Wildman–Crippen LogP) is 2.17. The van der Waals surface area contributed by atoms with Crippen molar-refractivity contribution in [2.24, 2.45) is 0 Å². The SMILES string of the molecule is Cc1ccc(Cl)cc1NC(=O)CSc1nc(O)cc(=O)[nH]1. The van der Waals surface area contributed by atoms with Gasteiger partial charge in [0.25, 0.3) is 5.56 Å². The van der Waals surface area contributed by atoms with Crippen molar-refractivity contribution < 1.29 is 9.90 Å². The monoisotopic (exact) mass is 325 g/mol.